The third kappa shape index (κ3) is 4.18. The van der Waals surface area contributed by atoms with Gasteiger partial charge in [0.1, 0.15) is 0 Å². The van der Waals surface area contributed by atoms with Crippen molar-refractivity contribution in [3.63, 3.8) is 0 Å². The van der Waals surface area contributed by atoms with E-state index < -0.39 is 17.2 Å². The van der Waals surface area contributed by atoms with Gasteiger partial charge < -0.3 is 15.1 Å². The minimum absolute atomic E-state index is 0.000437. The normalized spacial score (nSPS) is 26.4. The number of halogens is 3. The molecular formula is C26H33F3N4O. The van der Waals surface area contributed by atoms with Crippen molar-refractivity contribution < 1.29 is 18.0 Å². The van der Waals surface area contributed by atoms with Gasteiger partial charge in [-0.2, -0.15) is 13.2 Å². The van der Waals surface area contributed by atoms with E-state index >= 15 is 0 Å². The van der Waals surface area contributed by atoms with Crippen molar-refractivity contribution in [1.29, 1.82) is 0 Å². The van der Waals surface area contributed by atoms with E-state index in [1.165, 1.54) is 17.0 Å². The first kappa shape index (κ1) is 23.5. The van der Waals surface area contributed by atoms with E-state index in [0.29, 0.717) is 50.6 Å². The maximum Gasteiger partial charge on any atom is 0.418 e. The van der Waals surface area contributed by atoms with Crippen molar-refractivity contribution in [2.24, 2.45) is 5.41 Å². The molecule has 0 aromatic heterocycles. The van der Waals surface area contributed by atoms with E-state index in [4.69, 9.17) is 6.42 Å². The monoisotopic (exact) mass is 474 g/mol. The van der Waals surface area contributed by atoms with Crippen LogP contribution in [0.4, 0.5) is 24.5 Å². The number of amides is 1. The average molecular weight is 475 g/mol. The zero-order chi connectivity index (χ0) is 23.9. The van der Waals surface area contributed by atoms with Crippen LogP contribution in [0, 0.1) is 17.8 Å². The smallest absolute Gasteiger partial charge is 0.371 e. The number of carbonyl (C=O) groups excluding carboxylic acids is 1. The summed E-state index contributed by atoms with van der Waals surface area (Å²) in [4.78, 5) is 19.1. The van der Waals surface area contributed by atoms with Crippen molar-refractivity contribution in [2.45, 2.75) is 63.2 Å². The zero-order valence-electron chi connectivity index (χ0n) is 19.5. The molecule has 1 amide bonds. The fourth-order valence-electron chi connectivity index (χ4n) is 6.46. The lowest BCUT2D eigenvalue weighted by Crippen LogP contribution is -2.46. The summed E-state index contributed by atoms with van der Waals surface area (Å²) in [6, 6.07) is 5.10. The molecule has 1 spiro atoms. The molecule has 0 radical (unpaired) electrons. The minimum atomic E-state index is -4.52. The number of alkyl halides is 3. The molecule has 5 rings (SSSR count). The van der Waals surface area contributed by atoms with E-state index in [0.717, 1.165) is 45.3 Å². The van der Waals surface area contributed by atoms with Crippen molar-refractivity contribution in [3.8, 4) is 12.3 Å². The second kappa shape index (κ2) is 9.09. The highest BCUT2D eigenvalue weighted by Crippen LogP contribution is 2.46. The van der Waals surface area contributed by atoms with Crippen LogP contribution in [0.1, 0.15) is 50.5 Å². The Morgan fingerprint density at radius 2 is 1.76 bits per heavy atom. The van der Waals surface area contributed by atoms with Gasteiger partial charge in [0.15, 0.2) is 0 Å². The third-order valence-corrected chi connectivity index (χ3v) is 8.44. The number of carbonyl (C=O) groups is 1. The Balaban J connectivity index is 1.34. The van der Waals surface area contributed by atoms with Gasteiger partial charge >= 0.3 is 6.18 Å². The number of benzene rings is 1. The third-order valence-electron chi connectivity index (χ3n) is 8.44. The highest BCUT2D eigenvalue weighted by molar-refractivity contribution is 6.00. The molecule has 184 valence electrons. The zero-order valence-corrected chi connectivity index (χ0v) is 19.5. The molecular weight excluding hydrogens is 441 g/mol. The maximum atomic E-state index is 14.2. The first-order valence-electron chi connectivity index (χ1n) is 12.5. The molecule has 4 fully saturated rings. The van der Waals surface area contributed by atoms with E-state index in [1.807, 2.05) is 4.90 Å². The van der Waals surface area contributed by atoms with Gasteiger partial charge in [0, 0.05) is 31.4 Å². The lowest BCUT2D eigenvalue weighted by atomic mass is 9.77. The summed E-state index contributed by atoms with van der Waals surface area (Å²) >= 11 is 0. The molecule has 1 atom stereocenters. The topological polar surface area (TPSA) is 38.8 Å². The number of likely N-dealkylation sites (tertiary alicyclic amines) is 1. The van der Waals surface area contributed by atoms with Gasteiger partial charge in [-0.15, -0.1) is 6.42 Å². The van der Waals surface area contributed by atoms with Gasteiger partial charge in [-0.3, -0.25) is 9.69 Å². The molecule has 8 heteroatoms. The van der Waals surface area contributed by atoms with E-state index in [1.54, 1.807) is 6.07 Å². The van der Waals surface area contributed by atoms with Crippen LogP contribution in [-0.4, -0.2) is 62.2 Å². The van der Waals surface area contributed by atoms with Crippen LogP contribution >= 0.6 is 0 Å². The molecule has 4 aliphatic rings. The lowest BCUT2D eigenvalue weighted by Gasteiger charge is -2.39. The number of rotatable bonds is 3. The van der Waals surface area contributed by atoms with Crippen molar-refractivity contribution in [3.05, 3.63) is 23.8 Å². The Labute approximate surface area is 199 Å². The summed E-state index contributed by atoms with van der Waals surface area (Å²) in [7, 11) is 0. The van der Waals surface area contributed by atoms with Gasteiger partial charge in [-0.25, -0.2) is 0 Å². The standard InChI is InChI=1S/C26H33F3N4O/c1-2-19-4-3-14-32(19)20-7-15-31(16-8-20)21-5-6-23(22(18-21)26(27,28)29)33-17-11-25(24(33)34)9-12-30-13-10-25/h1,5-6,18-20,30H,3-4,7-17H2/t19-/m0/s1. The molecule has 34 heavy (non-hydrogen) atoms. The predicted molar refractivity (Wildman–Crippen MR) is 127 cm³/mol. The molecule has 4 aliphatic heterocycles. The second-order valence-corrected chi connectivity index (χ2v) is 10.2. The summed E-state index contributed by atoms with van der Waals surface area (Å²) in [5.41, 5.74) is -0.646. The molecule has 0 saturated carbocycles. The highest BCUT2D eigenvalue weighted by atomic mass is 19.4. The van der Waals surface area contributed by atoms with Crippen molar-refractivity contribution in [1.82, 2.24) is 10.2 Å². The Hall–Kier alpha value is -2.24. The van der Waals surface area contributed by atoms with Crippen molar-refractivity contribution in [2.75, 3.05) is 49.1 Å². The van der Waals surface area contributed by atoms with Crippen LogP contribution in [0.3, 0.4) is 0 Å². The molecule has 0 unspecified atom stereocenters. The van der Waals surface area contributed by atoms with Crippen LogP contribution < -0.4 is 15.1 Å². The molecule has 4 saturated heterocycles. The molecule has 5 nitrogen and oxygen atoms in total. The quantitative estimate of drug-likeness (QED) is 0.675. The van der Waals surface area contributed by atoms with Gasteiger partial charge in [-0.05, 0) is 82.8 Å². The lowest BCUT2D eigenvalue weighted by molar-refractivity contribution is -0.137. The Bertz CT molecular complexity index is 958. The van der Waals surface area contributed by atoms with Crippen LogP contribution in [-0.2, 0) is 11.0 Å². The fraction of sp³-hybridized carbons (Fsp3) is 0.654. The number of anilines is 2. The Morgan fingerprint density at radius 3 is 2.44 bits per heavy atom. The number of terminal acetylenes is 1. The number of nitrogens with zero attached hydrogens (tertiary/aromatic N) is 3. The number of piperidine rings is 2. The second-order valence-electron chi connectivity index (χ2n) is 10.2. The summed E-state index contributed by atoms with van der Waals surface area (Å²) < 4.78 is 42.5. The minimum Gasteiger partial charge on any atom is -0.371 e. The number of hydrogen-bond acceptors (Lipinski definition) is 4. The molecule has 1 aromatic carbocycles. The fourth-order valence-corrected chi connectivity index (χ4v) is 6.46. The van der Waals surface area contributed by atoms with Gasteiger partial charge in [0.25, 0.3) is 0 Å². The van der Waals surface area contributed by atoms with E-state index in [9.17, 15) is 18.0 Å². The summed E-state index contributed by atoms with van der Waals surface area (Å²) in [5.74, 6) is 2.74. The van der Waals surface area contributed by atoms with E-state index in [2.05, 4.69) is 16.1 Å². The largest absolute Gasteiger partial charge is 0.418 e. The van der Waals surface area contributed by atoms with E-state index in [-0.39, 0.29) is 17.6 Å². The summed E-state index contributed by atoms with van der Waals surface area (Å²) in [6.07, 6.45) is 7.08. The van der Waals surface area contributed by atoms with Gasteiger partial charge in [0.05, 0.1) is 22.7 Å². The molecule has 4 heterocycles. The maximum absolute atomic E-state index is 14.2. The van der Waals surface area contributed by atoms with Crippen LogP contribution in [0.2, 0.25) is 0 Å². The Kier molecular flexibility index (Phi) is 6.28. The van der Waals surface area contributed by atoms with Crippen LogP contribution in [0.25, 0.3) is 0 Å². The number of hydrogen-bond donors (Lipinski definition) is 1. The molecule has 1 N–H and O–H groups in total. The first-order valence-corrected chi connectivity index (χ1v) is 12.5. The average Bonchev–Trinajstić information content (AvgIpc) is 3.44. The number of nitrogens with one attached hydrogen (secondary N) is 1. The summed E-state index contributed by atoms with van der Waals surface area (Å²) in [5, 5.41) is 3.25. The summed E-state index contributed by atoms with van der Waals surface area (Å²) in [6.45, 7) is 4.23. The van der Waals surface area contributed by atoms with Crippen LogP contribution in [0.5, 0.6) is 0 Å². The van der Waals surface area contributed by atoms with Crippen LogP contribution in [0.15, 0.2) is 18.2 Å². The Morgan fingerprint density at radius 1 is 1.03 bits per heavy atom. The van der Waals surface area contributed by atoms with Gasteiger partial charge in [0.2, 0.25) is 5.91 Å². The first-order chi connectivity index (χ1) is 16.3. The SMILES string of the molecule is C#C[C@H]1CCCN1C1CCN(c2ccc(N3CCC4(CCNCC4)C3=O)c(C(F)(F)F)c2)CC1. The molecule has 0 bridgehead atoms. The molecule has 0 aliphatic carbocycles. The predicted octanol–water partition coefficient (Wildman–Crippen LogP) is 3.88. The van der Waals surface area contributed by atoms with Gasteiger partial charge in [-0.1, -0.05) is 5.92 Å². The molecule has 1 aromatic rings. The van der Waals surface area contributed by atoms with Crippen molar-refractivity contribution >= 4 is 17.3 Å². The highest BCUT2D eigenvalue weighted by Gasteiger charge is 2.49.